The number of ether oxygens (including phenoxy) is 1. The topological polar surface area (TPSA) is 51.4 Å². The number of hydrogen-bond donors (Lipinski definition) is 1. The smallest absolute Gasteiger partial charge is 0.217 e. The zero-order valence-electron chi connectivity index (χ0n) is 11.3. The summed E-state index contributed by atoms with van der Waals surface area (Å²) in [5.74, 6) is 1.37. The van der Waals surface area contributed by atoms with Crippen molar-refractivity contribution in [3.05, 3.63) is 23.9 Å². The van der Waals surface area contributed by atoms with Crippen molar-refractivity contribution in [3.8, 4) is 5.88 Å². The SMILES string of the molecule is COc1ncccc1CN(C)C1CCCC1CN. The van der Waals surface area contributed by atoms with Crippen molar-refractivity contribution in [3.63, 3.8) is 0 Å². The first-order valence-electron chi connectivity index (χ1n) is 6.64. The second kappa shape index (κ2) is 6.16. The van der Waals surface area contributed by atoms with E-state index in [1.54, 1.807) is 13.3 Å². The summed E-state index contributed by atoms with van der Waals surface area (Å²) in [6, 6.07) is 4.63. The molecule has 1 aromatic heterocycles. The molecule has 1 aliphatic carbocycles. The van der Waals surface area contributed by atoms with Crippen LogP contribution in [0.25, 0.3) is 0 Å². The van der Waals surface area contributed by atoms with Crippen molar-refractivity contribution < 1.29 is 4.74 Å². The highest BCUT2D eigenvalue weighted by atomic mass is 16.5. The molecule has 2 unspecified atom stereocenters. The van der Waals surface area contributed by atoms with Crippen molar-refractivity contribution >= 4 is 0 Å². The van der Waals surface area contributed by atoms with Gasteiger partial charge in [-0.05, 0) is 38.4 Å². The molecule has 1 saturated carbocycles. The van der Waals surface area contributed by atoms with Crippen LogP contribution in [0.2, 0.25) is 0 Å². The molecule has 0 radical (unpaired) electrons. The Morgan fingerprint density at radius 2 is 2.33 bits per heavy atom. The zero-order valence-corrected chi connectivity index (χ0v) is 11.3. The van der Waals surface area contributed by atoms with Gasteiger partial charge in [-0.25, -0.2) is 4.98 Å². The molecule has 1 aromatic rings. The molecule has 4 nitrogen and oxygen atoms in total. The predicted octanol–water partition coefficient (Wildman–Crippen LogP) is 1.65. The predicted molar refractivity (Wildman–Crippen MR) is 72.4 cm³/mol. The molecule has 2 atom stereocenters. The van der Waals surface area contributed by atoms with Gasteiger partial charge in [0.05, 0.1) is 7.11 Å². The molecule has 0 spiro atoms. The van der Waals surface area contributed by atoms with Crippen LogP contribution in [0.4, 0.5) is 0 Å². The van der Waals surface area contributed by atoms with Gasteiger partial charge in [-0.1, -0.05) is 12.5 Å². The average Bonchev–Trinajstić information content (AvgIpc) is 2.87. The molecule has 2 N–H and O–H groups in total. The summed E-state index contributed by atoms with van der Waals surface area (Å²) < 4.78 is 5.30. The standard InChI is InChI=1S/C14H23N3O/c1-17(13-7-3-5-11(13)9-15)10-12-6-4-8-16-14(12)18-2/h4,6,8,11,13H,3,5,7,9-10,15H2,1-2H3. The number of hydrogen-bond acceptors (Lipinski definition) is 4. The molecule has 1 fully saturated rings. The monoisotopic (exact) mass is 249 g/mol. The quantitative estimate of drug-likeness (QED) is 0.862. The number of nitrogens with zero attached hydrogens (tertiary/aromatic N) is 2. The van der Waals surface area contributed by atoms with Gasteiger partial charge in [-0.2, -0.15) is 0 Å². The molecule has 18 heavy (non-hydrogen) atoms. The number of nitrogens with two attached hydrogens (primary N) is 1. The Kier molecular flexibility index (Phi) is 4.55. The first-order valence-corrected chi connectivity index (χ1v) is 6.64. The minimum Gasteiger partial charge on any atom is -0.481 e. The summed E-state index contributed by atoms with van der Waals surface area (Å²) in [5, 5.41) is 0. The largest absolute Gasteiger partial charge is 0.481 e. The van der Waals surface area contributed by atoms with Crippen LogP contribution in [0.1, 0.15) is 24.8 Å². The Labute approximate surface area is 109 Å². The third-order valence-electron chi connectivity index (χ3n) is 3.95. The Hall–Kier alpha value is -1.13. The number of aromatic nitrogens is 1. The maximum Gasteiger partial charge on any atom is 0.217 e. The molecule has 0 aliphatic heterocycles. The fourth-order valence-corrected chi connectivity index (χ4v) is 2.99. The third-order valence-corrected chi connectivity index (χ3v) is 3.95. The molecule has 0 saturated heterocycles. The Morgan fingerprint density at radius 1 is 1.50 bits per heavy atom. The summed E-state index contributed by atoms with van der Waals surface area (Å²) in [4.78, 5) is 6.64. The molecule has 100 valence electrons. The second-order valence-corrected chi connectivity index (χ2v) is 5.08. The van der Waals surface area contributed by atoms with Crippen LogP contribution in [0.3, 0.4) is 0 Å². The van der Waals surface area contributed by atoms with E-state index in [1.807, 2.05) is 6.07 Å². The molecule has 1 aliphatic rings. The van der Waals surface area contributed by atoms with Crippen LogP contribution < -0.4 is 10.5 Å². The van der Waals surface area contributed by atoms with Crippen molar-refractivity contribution in [2.24, 2.45) is 11.7 Å². The molecule has 0 bridgehead atoms. The maximum atomic E-state index is 5.85. The summed E-state index contributed by atoms with van der Waals surface area (Å²) in [5.41, 5.74) is 6.99. The lowest BCUT2D eigenvalue weighted by molar-refractivity contribution is 0.190. The van der Waals surface area contributed by atoms with Crippen LogP contribution in [0.15, 0.2) is 18.3 Å². The van der Waals surface area contributed by atoms with Gasteiger partial charge in [0.1, 0.15) is 0 Å². The van der Waals surface area contributed by atoms with E-state index in [0.717, 1.165) is 24.5 Å². The van der Waals surface area contributed by atoms with Gasteiger partial charge in [-0.15, -0.1) is 0 Å². The lowest BCUT2D eigenvalue weighted by Crippen LogP contribution is -2.37. The minimum atomic E-state index is 0.597. The fraction of sp³-hybridized carbons (Fsp3) is 0.643. The van der Waals surface area contributed by atoms with E-state index in [-0.39, 0.29) is 0 Å². The minimum absolute atomic E-state index is 0.597. The molecule has 4 heteroatoms. The summed E-state index contributed by atoms with van der Waals surface area (Å²) >= 11 is 0. The molecule has 2 rings (SSSR count). The van der Waals surface area contributed by atoms with E-state index in [9.17, 15) is 0 Å². The van der Waals surface area contributed by atoms with E-state index in [1.165, 1.54) is 19.3 Å². The van der Waals surface area contributed by atoms with Gasteiger partial charge >= 0.3 is 0 Å². The molecule has 1 heterocycles. The van der Waals surface area contributed by atoms with Crippen molar-refractivity contribution in [2.75, 3.05) is 20.7 Å². The number of rotatable bonds is 5. The van der Waals surface area contributed by atoms with Crippen LogP contribution in [-0.4, -0.2) is 36.6 Å². The van der Waals surface area contributed by atoms with Gasteiger partial charge in [0.2, 0.25) is 5.88 Å². The third kappa shape index (κ3) is 2.82. The van der Waals surface area contributed by atoms with Gasteiger partial charge in [0, 0.05) is 24.3 Å². The number of methoxy groups -OCH3 is 1. The van der Waals surface area contributed by atoms with E-state index < -0.39 is 0 Å². The Bertz CT molecular complexity index is 383. The van der Waals surface area contributed by atoms with Gasteiger partial charge in [0.15, 0.2) is 0 Å². The maximum absolute atomic E-state index is 5.85. The number of pyridine rings is 1. The van der Waals surface area contributed by atoms with Crippen LogP contribution in [0, 0.1) is 5.92 Å². The van der Waals surface area contributed by atoms with Crippen LogP contribution in [-0.2, 0) is 6.54 Å². The molecular weight excluding hydrogens is 226 g/mol. The summed E-state index contributed by atoms with van der Waals surface area (Å²) in [6.07, 6.45) is 5.57. The van der Waals surface area contributed by atoms with Crippen molar-refractivity contribution in [1.82, 2.24) is 9.88 Å². The van der Waals surface area contributed by atoms with Gasteiger partial charge in [0.25, 0.3) is 0 Å². The van der Waals surface area contributed by atoms with E-state index in [0.29, 0.717) is 12.0 Å². The first kappa shape index (κ1) is 13.3. The normalized spacial score (nSPS) is 23.6. The zero-order chi connectivity index (χ0) is 13.0. The summed E-state index contributed by atoms with van der Waals surface area (Å²) in [6.45, 7) is 1.66. The van der Waals surface area contributed by atoms with Crippen LogP contribution in [0.5, 0.6) is 5.88 Å². The highest BCUT2D eigenvalue weighted by Gasteiger charge is 2.29. The fourth-order valence-electron chi connectivity index (χ4n) is 2.99. The lowest BCUT2D eigenvalue weighted by atomic mass is 10.0. The van der Waals surface area contributed by atoms with Crippen LogP contribution >= 0.6 is 0 Å². The Balaban J connectivity index is 2.04. The second-order valence-electron chi connectivity index (χ2n) is 5.08. The van der Waals surface area contributed by atoms with E-state index in [4.69, 9.17) is 10.5 Å². The average molecular weight is 249 g/mol. The molecular formula is C14H23N3O. The Morgan fingerprint density at radius 3 is 3.06 bits per heavy atom. The summed E-state index contributed by atoms with van der Waals surface area (Å²) in [7, 11) is 3.84. The molecule has 0 aromatic carbocycles. The van der Waals surface area contributed by atoms with Gasteiger partial charge in [-0.3, -0.25) is 4.90 Å². The van der Waals surface area contributed by atoms with E-state index in [2.05, 4.69) is 23.0 Å². The highest BCUT2D eigenvalue weighted by molar-refractivity contribution is 5.25. The highest BCUT2D eigenvalue weighted by Crippen LogP contribution is 2.30. The van der Waals surface area contributed by atoms with Crippen molar-refractivity contribution in [2.45, 2.75) is 31.8 Å². The lowest BCUT2D eigenvalue weighted by Gasteiger charge is -2.29. The van der Waals surface area contributed by atoms with Crippen molar-refractivity contribution in [1.29, 1.82) is 0 Å². The van der Waals surface area contributed by atoms with Gasteiger partial charge < -0.3 is 10.5 Å². The molecule has 0 amide bonds. The first-order chi connectivity index (χ1) is 8.76. The van der Waals surface area contributed by atoms with E-state index >= 15 is 0 Å².